The van der Waals surface area contributed by atoms with E-state index in [2.05, 4.69) is 16.0 Å². The van der Waals surface area contributed by atoms with Gasteiger partial charge in [-0.05, 0) is 30.4 Å². The summed E-state index contributed by atoms with van der Waals surface area (Å²) < 4.78 is 0. The molecule has 3 heteroatoms. The van der Waals surface area contributed by atoms with Crippen LogP contribution >= 0.6 is 0 Å². The lowest BCUT2D eigenvalue weighted by molar-refractivity contribution is 1.16. The highest BCUT2D eigenvalue weighted by molar-refractivity contribution is 5.96. The number of hydrogen-bond acceptors (Lipinski definition) is 2. The molecule has 0 saturated heterocycles. The van der Waals surface area contributed by atoms with Crippen molar-refractivity contribution in [3.05, 3.63) is 36.7 Å². The number of benzene rings is 1. The minimum atomic E-state index is 0.506. The van der Waals surface area contributed by atoms with Crippen molar-refractivity contribution in [2.24, 2.45) is 16.6 Å². The quantitative estimate of drug-likeness (QED) is 0.613. The van der Waals surface area contributed by atoms with Crippen LogP contribution in [0.15, 0.2) is 41.7 Å². The molecule has 2 aromatic rings. The normalized spacial score (nSPS) is 16.6. The van der Waals surface area contributed by atoms with Gasteiger partial charge in [-0.1, -0.05) is 12.1 Å². The lowest BCUT2D eigenvalue weighted by Crippen LogP contribution is -2.13. The molecule has 2 N–H and O–H groups in total. The Bertz CT molecular complexity index is 551. The third-order valence-corrected chi connectivity index (χ3v) is 2.91. The molecule has 0 spiro atoms. The smallest absolute Gasteiger partial charge is 0.103 e. The predicted octanol–water partition coefficient (Wildman–Crippen LogP) is 2.63. The molecule has 1 saturated carbocycles. The zero-order valence-electron chi connectivity index (χ0n) is 8.93. The van der Waals surface area contributed by atoms with Gasteiger partial charge in [0.25, 0.3) is 0 Å². The van der Waals surface area contributed by atoms with E-state index in [0.29, 0.717) is 5.92 Å². The van der Waals surface area contributed by atoms with Crippen LogP contribution in [0.4, 0.5) is 5.69 Å². The Morgan fingerprint density at radius 3 is 3.00 bits per heavy atom. The van der Waals surface area contributed by atoms with Gasteiger partial charge >= 0.3 is 0 Å². The van der Waals surface area contributed by atoms with Crippen molar-refractivity contribution in [2.75, 3.05) is 0 Å². The Labute approximate surface area is 94.0 Å². The van der Waals surface area contributed by atoms with Crippen LogP contribution in [0.25, 0.3) is 10.8 Å². The third kappa shape index (κ3) is 1.65. The van der Waals surface area contributed by atoms with Crippen LogP contribution in [-0.2, 0) is 0 Å². The van der Waals surface area contributed by atoms with Gasteiger partial charge in [0.2, 0.25) is 0 Å². The van der Waals surface area contributed by atoms with Crippen molar-refractivity contribution in [1.82, 2.24) is 4.98 Å². The number of rotatable bonds is 2. The summed E-state index contributed by atoms with van der Waals surface area (Å²) >= 11 is 0. The minimum Gasteiger partial charge on any atom is -0.387 e. The fraction of sp³-hybridized carbons (Fsp3) is 0.231. The highest BCUT2D eigenvalue weighted by atomic mass is 14.9. The van der Waals surface area contributed by atoms with Crippen molar-refractivity contribution < 1.29 is 0 Å². The minimum absolute atomic E-state index is 0.506. The Balaban J connectivity index is 2.12. The van der Waals surface area contributed by atoms with Gasteiger partial charge in [0.15, 0.2) is 0 Å². The van der Waals surface area contributed by atoms with E-state index in [1.54, 1.807) is 6.20 Å². The Morgan fingerprint density at radius 1 is 1.31 bits per heavy atom. The second-order valence-electron chi connectivity index (χ2n) is 4.18. The first-order chi connectivity index (χ1) is 7.84. The standard InChI is InChI=1S/C13H13N3/c14-13(10-4-5-10)16-12-3-1-2-9-6-7-15-8-11(9)12/h1-3,6-8,10H,4-5H2,(H2,14,16). The number of hydrogen-bond donors (Lipinski definition) is 1. The number of amidine groups is 1. The van der Waals surface area contributed by atoms with E-state index in [9.17, 15) is 0 Å². The van der Waals surface area contributed by atoms with Gasteiger partial charge in [-0.2, -0.15) is 0 Å². The molecule has 1 aliphatic carbocycles. The Morgan fingerprint density at radius 2 is 2.19 bits per heavy atom. The van der Waals surface area contributed by atoms with Gasteiger partial charge in [0.1, 0.15) is 5.84 Å². The average molecular weight is 211 g/mol. The largest absolute Gasteiger partial charge is 0.387 e. The zero-order chi connectivity index (χ0) is 11.0. The summed E-state index contributed by atoms with van der Waals surface area (Å²) in [4.78, 5) is 8.63. The monoisotopic (exact) mass is 211 g/mol. The fourth-order valence-electron chi connectivity index (χ4n) is 1.80. The second kappa shape index (κ2) is 3.59. The molecule has 1 heterocycles. The van der Waals surface area contributed by atoms with Crippen molar-refractivity contribution in [3.63, 3.8) is 0 Å². The summed E-state index contributed by atoms with van der Waals surface area (Å²) in [6.07, 6.45) is 5.99. The number of fused-ring (bicyclic) bond motifs is 1. The first kappa shape index (κ1) is 9.33. The van der Waals surface area contributed by atoms with Crippen molar-refractivity contribution in [2.45, 2.75) is 12.8 Å². The van der Waals surface area contributed by atoms with Crippen LogP contribution in [0.2, 0.25) is 0 Å². The molecule has 1 aliphatic rings. The van der Waals surface area contributed by atoms with E-state index < -0.39 is 0 Å². The topological polar surface area (TPSA) is 51.3 Å². The van der Waals surface area contributed by atoms with E-state index in [0.717, 1.165) is 22.3 Å². The molecule has 0 atom stereocenters. The van der Waals surface area contributed by atoms with Crippen LogP contribution in [0.5, 0.6) is 0 Å². The average Bonchev–Trinajstić information content (AvgIpc) is 3.13. The first-order valence-corrected chi connectivity index (χ1v) is 5.51. The van der Waals surface area contributed by atoms with Crippen molar-refractivity contribution >= 4 is 22.3 Å². The molecule has 3 rings (SSSR count). The van der Waals surface area contributed by atoms with Gasteiger partial charge < -0.3 is 5.73 Å². The fourth-order valence-corrected chi connectivity index (χ4v) is 1.80. The number of aliphatic imine (C=N–C) groups is 1. The van der Waals surface area contributed by atoms with Crippen LogP contribution in [0, 0.1) is 5.92 Å². The van der Waals surface area contributed by atoms with E-state index in [1.807, 2.05) is 24.4 Å². The number of aromatic nitrogens is 1. The van der Waals surface area contributed by atoms with Crippen LogP contribution in [0.1, 0.15) is 12.8 Å². The molecule has 16 heavy (non-hydrogen) atoms. The van der Waals surface area contributed by atoms with Crippen LogP contribution < -0.4 is 5.73 Å². The predicted molar refractivity (Wildman–Crippen MR) is 65.7 cm³/mol. The van der Waals surface area contributed by atoms with Crippen LogP contribution in [0.3, 0.4) is 0 Å². The summed E-state index contributed by atoms with van der Waals surface area (Å²) in [5, 5.41) is 2.22. The van der Waals surface area contributed by atoms with E-state index >= 15 is 0 Å². The lowest BCUT2D eigenvalue weighted by Gasteiger charge is -2.02. The van der Waals surface area contributed by atoms with E-state index in [4.69, 9.17) is 5.73 Å². The van der Waals surface area contributed by atoms with Gasteiger partial charge in [0.05, 0.1) is 5.69 Å². The lowest BCUT2D eigenvalue weighted by atomic mass is 10.1. The summed E-state index contributed by atoms with van der Waals surface area (Å²) in [7, 11) is 0. The second-order valence-corrected chi connectivity index (χ2v) is 4.18. The molecule has 80 valence electrons. The summed E-state index contributed by atoms with van der Waals surface area (Å²) in [6, 6.07) is 8.03. The van der Waals surface area contributed by atoms with E-state index in [1.165, 1.54) is 12.8 Å². The maximum atomic E-state index is 5.93. The van der Waals surface area contributed by atoms with Gasteiger partial charge in [-0.3, -0.25) is 4.98 Å². The molecule has 0 radical (unpaired) electrons. The molecule has 0 amide bonds. The highest BCUT2D eigenvalue weighted by Crippen LogP contribution is 2.31. The van der Waals surface area contributed by atoms with Crippen molar-refractivity contribution in [1.29, 1.82) is 0 Å². The van der Waals surface area contributed by atoms with E-state index in [-0.39, 0.29) is 0 Å². The highest BCUT2D eigenvalue weighted by Gasteiger charge is 2.25. The number of pyridine rings is 1. The molecule has 1 aromatic carbocycles. The molecule has 0 bridgehead atoms. The third-order valence-electron chi connectivity index (χ3n) is 2.91. The molecule has 0 aliphatic heterocycles. The Hall–Kier alpha value is -1.90. The molecule has 0 unspecified atom stereocenters. The number of nitrogens with two attached hydrogens (primary N) is 1. The molecule has 1 fully saturated rings. The molecule has 1 aromatic heterocycles. The summed E-state index contributed by atoms with van der Waals surface area (Å²) in [5.41, 5.74) is 6.86. The summed E-state index contributed by atoms with van der Waals surface area (Å²) in [6.45, 7) is 0. The van der Waals surface area contributed by atoms with Gasteiger partial charge in [0, 0.05) is 23.7 Å². The molecule has 3 nitrogen and oxygen atoms in total. The zero-order valence-corrected chi connectivity index (χ0v) is 8.93. The maximum absolute atomic E-state index is 5.93. The molecular formula is C13H13N3. The summed E-state index contributed by atoms with van der Waals surface area (Å²) in [5.74, 6) is 1.27. The van der Waals surface area contributed by atoms with Crippen molar-refractivity contribution in [3.8, 4) is 0 Å². The number of nitrogens with zero attached hydrogens (tertiary/aromatic N) is 2. The molecular weight excluding hydrogens is 198 g/mol. The Kier molecular flexibility index (Phi) is 2.10. The first-order valence-electron chi connectivity index (χ1n) is 5.51. The van der Waals surface area contributed by atoms with Gasteiger partial charge in [-0.15, -0.1) is 0 Å². The maximum Gasteiger partial charge on any atom is 0.103 e. The van der Waals surface area contributed by atoms with Gasteiger partial charge in [-0.25, -0.2) is 4.99 Å². The van der Waals surface area contributed by atoms with Crippen LogP contribution in [-0.4, -0.2) is 10.8 Å². The SMILES string of the molecule is NC(=Nc1cccc2ccncc12)C1CC1.